The summed E-state index contributed by atoms with van der Waals surface area (Å²) in [6.07, 6.45) is 0. The number of aromatic nitrogens is 4. The second kappa shape index (κ2) is 7.38. The fourth-order valence-electron chi connectivity index (χ4n) is 3.91. The van der Waals surface area contributed by atoms with Crippen molar-refractivity contribution in [1.82, 2.24) is 25.3 Å². The SMILES string of the molecule is c1ccc2nc3ccc(CNCc4ccc5nc6ccccc6cc5n4)nc3cc2c1. The number of benzene rings is 2. The molecule has 5 nitrogen and oxygen atoms in total. The summed E-state index contributed by atoms with van der Waals surface area (Å²) >= 11 is 0. The summed E-state index contributed by atoms with van der Waals surface area (Å²) in [6.45, 7) is 1.33. The molecule has 0 amide bonds. The van der Waals surface area contributed by atoms with Gasteiger partial charge in [-0.3, -0.25) is 0 Å². The molecule has 0 saturated heterocycles. The van der Waals surface area contributed by atoms with Crippen LogP contribution in [-0.2, 0) is 13.1 Å². The predicted molar refractivity (Wildman–Crippen MR) is 125 cm³/mol. The van der Waals surface area contributed by atoms with E-state index in [-0.39, 0.29) is 0 Å². The van der Waals surface area contributed by atoms with Crippen LogP contribution in [-0.4, -0.2) is 19.9 Å². The van der Waals surface area contributed by atoms with Crippen molar-refractivity contribution in [3.8, 4) is 0 Å². The van der Waals surface area contributed by atoms with Crippen molar-refractivity contribution >= 4 is 43.9 Å². The maximum atomic E-state index is 4.79. The van der Waals surface area contributed by atoms with E-state index >= 15 is 0 Å². The summed E-state index contributed by atoms with van der Waals surface area (Å²) in [6, 6.07) is 28.6. The van der Waals surface area contributed by atoms with Gasteiger partial charge in [-0.2, -0.15) is 0 Å². The average molecular weight is 401 g/mol. The highest BCUT2D eigenvalue weighted by Crippen LogP contribution is 2.19. The first-order valence-electron chi connectivity index (χ1n) is 10.3. The largest absolute Gasteiger partial charge is 0.306 e. The van der Waals surface area contributed by atoms with Crippen LogP contribution in [0.4, 0.5) is 0 Å². The molecule has 148 valence electrons. The van der Waals surface area contributed by atoms with E-state index in [9.17, 15) is 0 Å². The summed E-state index contributed by atoms with van der Waals surface area (Å²) in [4.78, 5) is 19.0. The van der Waals surface area contributed by atoms with Crippen LogP contribution in [0.2, 0.25) is 0 Å². The molecule has 4 heterocycles. The first kappa shape index (κ1) is 17.9. The normalized spacial score (nSPS) is 11.6. The molecule has 5 heteroatoms. The van der Waals surface area contributed by atoms with Crippen molar-refractivity contribution in [2.24, 2.45) is 0 Å². The van der Waals surface area contributed by atoms with Gasteiger partial charge in [0.15, 0.2) is 0 Å². The molecule has 0 bridgehead atoms. The Labute approximate surface area is 178 Å². The Kier molecular flexibility index (Phi) is 4.25. The van der Waals surface area contributed by atoms with Crippen molar-refractivity contribution in [1.29, 1.82) is 0 Å². The molecule has 0 aliphatic rings. The number of rotatable bonds is 4. The van der Waals surface area contributed by atoms with Crippen LogP contribution in [0.1, 0.15) is 11.4 Å². The first-order valence-corrected chi connectivity index (χ1v) is 10.3. The Morgan fingerprint density at radius 2 is 0.935 bits per heavy atom. The third kappa shape index (κ3) is 3.45. The maximum Gasteiger partial charge on any atom is 0.0897 e. The molecule has 6 aromatic rings. The third-order valence-corrected chi connectivity index (χ3v) is 5.47. The quantitative estimate of drug-likeness (QED) is 0.413. The number of fused-ring (bicyclic) bond motifs is 4. The van der Waals surface area contributed by atoms with Crippen LogP contribution in [0.15, 0.2) is 84.9 Å². The Hall–Kier alpha value is -3.96. The number of para-hydroxylation sites is 2. The molecule has 31 heavy (non-hydrogen) atoms. The highest BCUT2D eigenvalue weighted by Gasteiger charge is 2.05. The Bertz CT molecular complexity index is 1460. The predicted octanol–water partition coefficient (Wildman–Crippen LogP) is 5.17. The minimum atomic E-state index is 0.665. The van der Waals surface area contributed by atoms with Gasteiger partial charge in [-0.15, -0.1) is 0 Å². The Balaban J connectivity index is 1.21. The Morgan fingerprint density at radius 1 is 0.452 bits per heavy atom. The molecule has 0 unspecified atom stereocenters. The van der Waals surface area contributed by atoms with E-state index in [1.54, 1.807) is 0 Å². The van der Waals surface area contributed by atoms with Gasteiger partial charge >= 0.3 is 0 Å². The van der Waals surface area contributed by atoms with Crippen LogP contribution in [0.3, 0.4) is 0 Å². The zero-order valence-electron chi connectivity index (χ0n) is 16.8. The van der Waals surface area contributed by atoms with Gasteiger partial charge in [0.25, 0.3) is 0 Å². The lowest BCUT2D eigenvalue weighted by Crippen LogP contribution is -2.14. The summed E-state index contributed by atoms with van der Waals surface area (Å²) in [5.41, 5.74) is 7.62. The van der Waals surface area contributed by atoms with E-state index in [1.165, 1.54) is 0 Å². The van der Waals surface area contributed by atoms with E-state index < -0.39 is 0 Å². The molecule has 0 aliphatic heterocycles. The fraction of sp³-hybridized carbons (Fsp3) is 0.0769. The molecule has 0 aliphatic carbocycles. The van der Waals surface area contributed by atoms with Crippen molar-refractivity contribution in [2.75, 3.05) is 0 Å². The lowest BCUT2D eigenvalue weighted by Gasteiger charge is -2.07. The number of pyridine rings is 4. The van der Waals surface area contributed by atoms with Gasteiger partial charge in [0.2, 0.25) is 0 Å². The molecule has 0 fully saturated rings. The van der Waals surface area contributed by atoms with Crippen LogP contribution in [0.25, 0.3) is 43.9 Å². The van der Waals surface area contributed by atoms with Gasteiger partial charge in [-0.05, 0) is 48.5 Å². The highest BCUT2D eigenvalue weighted by molar-refractivity contribution is 5.91. The van der Waals surface area contributed by atoms with Crippen molar-refractivity contribution in [2.45, 2.75) is 13.1 Å². The summed E-state index contributed by atoms with van der Waals surface area (Å²) in [5, 5.41) is 5.67. The van der Waals surface area contributed by atoms with Gasteiger partial charge < -0.3 is 5.32 Å². The van der Waals surface area contributed by atoms with Crippen LogP contribution in [0, 0.1) is 0 Å². The van der Waals surface area contributed by atoms with Crippen molar-refractivity contribution < 1.29 is 0 Å². The molecule has 0 radical (unpaired) electrons. The number of nitrogens with one attached hydrogen (secondary N) is 1. The molecule has 6 rings (SSSR count). The molecule has 1 N–H and O–H groups in total. The maximum absolute atomic E-state index is 4.79. The van der Waals surface area contributed by atoms with E-state index in [2.05, 4.69) is 29.6 Å². The molecule has 4 aromatic heterocycles. The van der Waals surface area contributed by atoms with Crippen LogP contribution >= 0.6 is 0 Å². The van der Waals surface area contributed by atoms with E-state index in [0.717, 1.165) is 55.3 Å². The van der Waals surface area contributed by atoms with E-state index in [4.69, 9.17) is 19.9 Å². The fourth-order valence-corrected chi connectivity index (χ4v) is 3.91. The van der Waals surface area contributed by atoms with Gasteiger partial charge in [-0.1, -0.05) is 36.4 Å². The van der Waals surface area contributed by atoms with Gasteiger partial charge in [-0.25, -0.2) is 19.9 Å². The number of hydrogen-bond donors (Lipinski definition) is 1. The van der Waals surface area contributed by atoms with E-state index in [1.807, 2.05) is 60.7 Å². The highest BCUT2D eigenvalue weighted by atomic mass is 14.9. The molecular weight excluding hydrogens is 382 g/mol. The standard InChI is InChI=1S/C26H19N5/c1-3-7-21-17(5-1)13-25-23(30-21)11-9-19(28-25)15-27-16-20-10-12-24-26(29-20)14-18-6-2-4-8-22(18)31-24/h1-14,27H,15-16H2. The molecule has 0 saturated carbocycles. The van der Waals surface area contributed by atoms with Gasteiger partial charge in [0, 0.05) is 23.9 Å². The Morgan fingerprint density at radius 3 is 1.45 bits per heavy atom. The smallest absolute Gasteiger partial charge is 0.0897 e. The minimum absolute atomic E-state index is 0.665. The number of hydrogen-bond acceptors (Lipinski definition) is 5. The second-order valence-electron chi connectivity index (χ2n) is 7.65. The monoisotopic (exact) mass is 401 g/mol. The lowest BCUT2D eigenvalue weighted by atomic mass is 10.2. The third-order valence-electron chi connectivity index (χ3n) is 5.47. The molecular formula is C26H19N5. The summed E-state index contributed by atoms with van der Waals surface area (Å²) in [7, 11) is 0. The molecule has 2 aromatic carbocycles. The topological polar surface area (TPSA) is 63.6 Å². The van der Waals surface area contributed by atoms with Gasteiger partial charge in [0.1, 0.15) is 0 Å². The van der Waals surface area contributed by atoms with Crippen LogP contribution < -0.4 is 5.32 Å². The summed E-state index contributed by atoms with van der Waals surface area (Å²) in [5.74, 6) is 0. The number of nitrogens with zero attached hydrogens (tertiary/aromatic N) is 4. The van der Waals surface area contributed by atoms with Gasteiger partial charge in [0.05, 0.1) is 44.5 Å². The summed E-state index contributed by atoms with van der Waals surface area (Å²) < 4.78 is 0. The van der Waals surface area contributed by atoms with Crippen LogP contribution in [0.5, 0.6) is 0 Å². The van der Waals surface area contributed by atoms with Crippen molar-refractivity contribution in [3.05, 3.63) is 96.3 Å². The van der Waals surface area contributed by atoms with Crippen molar-refractivity contribution in [3.63, 3.8) is 0 Å². The van der Waals surface area contributed by atoms with E-state index in [0.29, 0.717) is 13.1 Å². The second-order valence-corrected chi connectivity index (χ2v) is 7.65. The zero-order valence-corrected chi connectivity index (χ0v) is 16.8. The minimum Gasteiger partial charge on any atom is -0.306 e. The zero-order chi connectivity index (χ0) is 20.6. The molecule has 0 spiro atoms. The molecule has 0 atom stereocenters. The lowest BCUT2D eigenvalue weighted by molar-refractivity contribution is 0.671. The first-order chi connectivity index (χ1) is 15.3. The average Bonchev–Trinajstić information content (AvgIpc) is 2.81.